The summed E-state index contributed by atoms with van der Waals surface area (Å²) >= 11 is 3.56. The van der Waals surface area contributed by atoms with Crippen LogP contribution in [-0.2, 0) is 6.54 Å². The molecular weight excluding hydrogens is 312 g/mol. The van der Waals surface area contributed by atoms with Crippen LogP contribution in [0.1, 0.15) is 24.1 Å². The Kier molecular flexibility index (Phi) is 4.37. The molecule has 0 bridgehead atoms. The van der Waals surface area contributed by atoms with Gasteiger partial charge in [0.25, 0.3) is 0 Å². The smallest absolute Gasteiger partial charge is 0.0708 e. The van der Waals surface area contributed by atoms with Crippen molar-refractivity contribution >= 4 is 26.8 Å². The second-order valence-corrected chi connectivity index (χ2v) is 6.60. The maximum Gasteiger partial charge on any atom is 0.0708 e. The van der Waals surface area contributed by atoms with Gasteiger partial charge in [-0.25, -0.2) is 0 Å². The molecule has 2 nitrogen and oxygen atoms in total. The van der Waals surface area contributed by atoms with E-state index in [0.29, 0.717) is 0 Å². The van der Waals surface area contributed by atoms with Gasteiger partial charge in [0.2, 0.25) is 0 Å². The van der Waals surface area contributed by atoms with E-state index in [4.69, 9.17) is 0 Å². The largest absolute Gasteiger partial charge is 0.299 e. The normalized spacial score (nSPS) is 19.8. The quantitative estimate of drug-likeness (QED) is 0.782. The summed E-state index contributed by atoms with van der Waals surface area (Å²) in [4.78, 5) is 7.22. The minimum atomic E-state index is 0.864. The standard InChI is InChI=1S/C17H21BrN2/c1-13-10-15(16-4-2-3-5-17(16)19-13)12-20-9-7-14(11-20)6-8-18/h2-5,10,14H,6-9,11-12H2,1H3. The SMILES string of the molecule is Cc1cc(CN2CCC(CCBr)C2)c2ccccc2n1. The molecule has 106 valence electrons. The van der Waals surface area contributed by atoms with E-state index >= 15 is 0 Å². The van der Waals surface area contributed by atoms with Crippen LogP contribution in [0.15, 0.2) is 30.3 Å². The van der Waals surface area contributed by atoms with Crippen LogP contribution in [0.3, 0.4) is 0 Å². The molecular formula is C17H21BrN2. The first-order chi connectivity index (χ1) is 9.76. The highest BCUT2D eigenvalue weighted by Crippen LogP contribution is 2.25. The number of hydrogen-bond donors (Lipinski definition) is 0. The Morgan fingerprint density at radius 1 is 1.35 bits per heavy atom. The summed E-state index contributed by atoms with van der Waals surface area (Å²) in [6, 6.07) is 10.7. The summed E-state index contributed by atoms with van der Waals surface area (Å²) < 4.78 is 0. The fourth-order valence-corrected chi connectivity index (χ4v) is 3.86. The topological polar surface area (TPSA) is 16.1 Å². The summed E-state index contributed by atoms with van der Waals surface area (Å²) in [7, 11) is 0. The molecule has 0 N–H and O–H groups in total. The van der Waals surface area contributed by atoms with Gasteiger partial charge >= 0.3 is 0 Å². The van der Waals surface area contributed by atoms with Gasteiger partial charge in [-0.2, -0.15) is 0 Å². The number of aromatic nitrogens is 1. The van der Waals surface area contributed by atoms with Crippen molar-refractivity contribution in [1.29, 1.82) is 0 Å². The maximum atomic E-state index is 4.63. The molecule has 3 heteroatoms. The van der Waals surface area contributed by atoms with E-state index in [-0.39, 0.29) is 0 Å². The lowest BCUT2D eigenvalue weighted by Gasteiger charge is -2.17. The first-order valence-electron chi connectivity index (χ1n) is 7.40. The number of nitrogens with zero attached hydrogens (tertiary/aromatic N) is 2. The lowest BCUT2D eigenvalue weighted by molar-refractivity contribution is 0.316. The zero-order valence-corrected chi connectivity index (χ0v) is 13.6. The van der Waals surface area contributed by atoms with Gasteiger partial charge in [-0.1, -0.05) is 34.1 Å². The molecule has 0 amide bonds. The Morgan fingerprint density at radius 2 is 2.20 bits per heavy atom. The second-order valence-electron chi connectivity index (χ2n) is 5.81. The molecule has 0 aliphatic carbocycles. The molecule has 0 saturated carbocycles. The molecule has 2 aromatic rings. The van der Waals surface area contributed by atoms with Crippen LogP contribution in [0, 0.1) is 12.8 Å². The predicted molar refractivity (Wildman–Crippen MR) is 88.3 cm³/mol. The van der Waals surface area contributed by atoms with Crippen LogP contribution in [0.2, 0.25) is 0 Å². The van der Waals surface area contributed by atoms with Gasteiger partial charge in [-0.15, -0.1) is 0 Å². The van der Waals surface area contributed by atoms with E-state index in [9.17, 15) is 0 Å². The molecule has 3 rings (SSSR count). The highest BCUT2D eigenvalue weighted by molar-refractivity contribution is 9.09. The Balaban J connectivity index is 1.81. The van der Waals surface area contributed by atoms with Gasteiger partial charge < -0.3 is 0 Å². The average Bonchev–Trinajstić information content (AvgIpc) is 2.86. The number of aryl methyl sites for hydroxylation is 1. The van der Waals surface area contributed by atoms with Crippen LogP contribution in [-0.4, -0.2) is 28.3 Å². The van der Waals surface area contributed by atoms with Crippen molar-refractivity contribution in [2.75, 3.05) is 18.4 Å². The van der Waals surface area contributed by atoms with Gasteiger partial charge in [0.1, 0.15) is 0 Å². The number of fused-ring (bicyclic) bond motifs is 1. The van der Waals surface area contributed by atoms with Gasteiger partial charge in [-0.3, -0.25) is 9.88 Å². The highest BCUT2D eigenvalue weighted by Gasteiger charge is 2.22. The summed E-state index contributed by atoms with van der Waals surface area (Å²) in [5.41, 5.74) is 3.67. The van der Waals surface area contributed by atoms with Crippen molar-refractivity contribution in [2.24, 2.45) is 5.92 Å². The number of hydrogen-bond acceptors (Lipinski definition) is 2. The zero-order chi connectivity index (χ0) is 13.9. The third-order valence-corrected chi connectivity index (χ3v) is 4.67. The van der Waals surface area contributed by atoms with E-state index in [1.165, 1.54) is 36.9 Å². The van der Waals surface area contributed by atoms with Crippen molar-refractivity contribution in [2.45, 2.75) is 26.3 Å². The van der Waals surface area contributed by atoms with Gasteiger partial charge in [0.05, 0.1) is 5.52 Å². The molecule has 1 aliphatic heterocycles. The Labute approximate surface area is 129 Å². The fraction of sp³-hybridized carbons (Fsp3) is 0.471. The number of pyridine rings is 1. The third-order valence-electron chi connectivity index (χ3n) is 4.21. The van der Waals surface area contributed by atoms with Crippen molar-refractivity contribution in [3.8, 4) is 0 Å². The Bertz CT molecular complexity index is 597. The molecule has 0 spiro atoms. The van der Waals surface area contributed by atoms with E-state index in [0.717, 1.165) is 29.0 Å². The zero-order valence-electron chi connectivity index (χ0n) is 12.0. The van der Waals surface area contributed by atoms with Gasteiger partial charge in [-0.05, 0) is 49.9 Å². The molecule has 20 heavy (non-hydrogen) atoms. The minimum Gasteiger partial charge on any atom is -0.299 e. The molecule has 1 aliphatic rings. The lowest BCUT2D eigenvalue weighted by atomic mass is 10.1. The third kappa shape index (κ3) is 3.04. The van der Waals surface area contributed by atoms with Crippen LogP contribution >= 0.6 is 15.9 Å². The van der Waals surface area contributed by atoms with Crippen molar-refractivity contribution in [1.82, 2.24) is 9.88 Å². The summed E-state index contributed by atoms with van der Waals surface area (Å²) in [5.74, 6) is 0.864. The minimum absolute atomic E-state index is 0.864. The van der Waals surface area contributed by atoms with Crippen LogP contribution in [0.4, 0.5) is 0 Å². The number of likely N-dealkylation sites (tertiary alicyclic amines) is 1. The van der Waals surface area contributed by atoms with Gasteiger partial charge in [0.15, 0.2) is 0 Å². The lowest BCUT2D eigenvalue weighted by Crippen LogP contribution is -2.20. The molecule has 1 aromatic heterocycles. The second kappa shape index (κ2) is 6.23. The fourth-order valence-electron chi connectivity index (χ4n) is 3.21. The highest BCUT2D eigenvalue weighted by atomic mass is 79.9. The summed E-state index contributed by atoms with van der Waals surface area (Å²) in [6.07, 6.45) is 2.64. The van der Waals surface area contributed by atoms with E-state index in [2.05, 4.69) is 63.1 Å². The monoisotopic (exact) mass is 332 g/mol. The van der Waals surface area contributed by atoms with Gasteiger partial charge in [0, 0.05) is 29.5 Å². The molecule has 1 saturated heterocycles. The van der Waals surface area contributed by atoms with Crippen molar-refractivity contribution in [3.63, 3.8) is 0 Å². The summed E-state index contributed by atoms with van der Waals surface area (Å²) in [5, 5.41) is 2.44. The van der Waals surface area contributed by atoms with E-state index in [1.54, 1.807) is 0 Å². The van der Waals surface area contributed by atoms with Crippen molar-refractivity contribution in [3.05, 3.63) is 41.6 Å². The first kappa shape index (κ1) is 14.0. The summed E-state index contributed by atoms with van der Waals surface area (Å²) in [6.45, 7) is 5.62. The molecule has 0 radical (unpaired) electrons. The first-order valence-corrected chi connectivity index (χ1v) is 8.52. The van der Waals surface area contributed by atoms with Crippen LogP contribution < -0.4 is 0 Å². The predicted octanol–water partition coefficient (Wildman–Crippen LogP) is 4.15. The van der Waals surface area contributed by atoms with E-state index in [1.807, 2.05) is 0 Å². The Hall–Kier alpha value is -0.930. The number of halogens is 1. The molecule has 1 aromatic carbocycles. The van der Waals surface area contributed by atoms with Crippen LogP contribution in [0.25, 0.3) is 10.9 Å². The number of benzene rings is 1. The maximum absolute atomic E-state index is 4.63. The molecule has 1 fully saturated rings. The molecule has 2 heterocycles. The molecule has 1 atom stereocenters. The number of para-hydroxylation sites is 1. The van der Waals surface area contributed by atoms with Crippen LogP contribution in [0.5, 0.6) is 0 Å². The average molecular weight is 333 g/mol. The Morgan fingerprint density at radius 3 is 3.05 bits per heavy atom. The van der Waals surface area contributed by atoms with E-state index < -0.39 is 0 Å². The number of rotatable bonds is 4. The number of alkyl halides is 1. The molecule has 1 unspecified atom stereocenters. The van der Waals surface area contributed by atoms with Crippen molar-refractivity contribution < 1.29 is 0 Å².